The summed E-state index contributed by atoms with van der Waals surface area (Å²) >= 11 is 1.23. The average Bonchev–Trinajstić information content (AvgIpc) is 2.78. The molecule has 6 heteroatoms. The van der Waals surface area contributed by atoms with Gasteiger partial charge in [0.2, 0.25) is 0 Å². The van der Waals surface area contributed by atoms with Crippen molar-refractivity contribution in [2.45, 2.75) is 30.5 Å². The predicted octanol–water partition coefficient (Wildman–Crippen LogP) is 3.85. The Morgan fingerprint density at radius 2 is 1.95 bits per heavy atom. The summed E-state index contributed by atoms with van der Waals surface area (Å²) in [5.41, 5.74) is 0.675. The van der Waals surface area contributed by atoms with E-state index in [-0.39, 0.29) is 6.10 Å². The minimum atomic E-state index is -3.72. The molecule has 1 aliphatic rings. The molecular formula is C13H15ClO3S2. The van der Waals surface area contributed by atoms with Crippen molar-refractivity contribution in [3.63, 3.8) is 0 Å². The van der Waals surface area contributed by atoms with E-state index in [9.17, 15) is 8.42 Å². The van der Waals surface area contributed by atoms with E-state index in [1.54, 1.807) is 29.7 Å². The minimum absolute atomic E-state index is 0.0825. The highest BCUT2D eigenvalue weighted by Gasteiger charge is 2.46. The molecule has 1 aromatic carbocycles. The van der Waals surface area contributed by atoms with E-state index in [1.807, 2.05) is 19.9 Å². The first-order valence-electron chi connectivity index (χ1n) is 5.89. The Labute approximate surface area is 122 Å². The Morgan fingerprint density at radius 3 is 2.37 bits per heavy atom. The van der Waals surface area contributed by atoms with E-state index in [0.717, 1.165) is 5.75 Å². The van der Waals surface area contributed by atoms with Gasteiger partial charge in [-0.15, -0.1) is 11.8 Å². The van der Waals surface area contributed by atoms with Crippen LogP contribution >= 0.6 is 22.4 Å². The van der Waals surface area contributed by atoms with Gasteiger partial charge < -0.3 is 4.74 Å². The molecule has 19 heavy (non-hydrogen) atoms. The third-order valence-corrected chi connectivity index (χ3v) is 7.11. The molecule has 1 atom stereocenters. The van der Waals surface area contributed by atoms with Crippen LogP contribution in [0.3, 0.4) is 0 Å². The van der Waals surface area contributed by atoms with Crippen molar-refractivity contribution >= 4 is 31.5 Å². The van der Waals surface area contributed by atoms with Crippen LogP contribution in [0.4, 0.5) is 0 Å². The lowest BCUT2D eigenvalue weighted by molar-refractivity contribution is 0.242. The van der Waals surface area contributed by atoms with Crippen molar-refractivity contribution in [1.29, 1.82) is 0 Å². The summed E-state index contributed by atoms with van der Waals surface area (Å²) in [6.07, 6.45) is 2.29. The van der Waals surface area contributed by atoms with Crippen LogP contribution in [0.25, 0.3) is 0 Å². The van der Waals surface area contributed by atoms with Crippen molar-refractivity contribution in [1.82, 2.24) is 0 Å². The van der Waals surface area contributed by atoms with Crippen LogP contribution in [0.2, 0.25) is 0 Å². The normalized spacial score (nSPS) is 22.9. The fraction of sp³-hybridized carbons (Fsp3) is 0.385. The quantitative estimate of drug-likeness (QED) is 0.791. The van der Waals surface area contributed by atoms with Gasteiger partial charge in [-0.05, 0) is 37.0 Å². The summed E-state index contributed by atoms with van der Waals surface area (Å²) in [6, 6.07) is 7.07. The standard InChI is InChI=1S/C13H15ClO3S2/c1-10(2)17-12-6-4-11(5-7-12)13(19(14,15)16)8-3-9-18-13/h3-7,9-10H,8H2,1-2H3. The molecule has 104 valence electrons. The zero-order valence-corrected chi connectivity index (χ0v) is 13.1. The third kappa shape index (κ3) is 2.93. The maximum absolute atomic E-state index is 11.9. The van der Waals surface area contributed by atoms with Gasteiger partial charge in [-0.1, -0.05) is 18.2 Å². The molecule has 0 aliphatic carbocycles. The Bertz CT molecular complexity index is 568. The summed E-state index contributed by atoms with van der Waals surface area (Å²) in [6.45, 7) is 3.88. The first-order chi connectivity index (χ1) is 8.85. The van der Waals surface area contributed by atoms with Gasteiger partial charge in [0.15, 0.2) is 4.08 Å². The molecule has 1 aromatic rings. The largest absolute Gasteiger partial charge is 0.491 e. The second-order valence-electron chi connectivity index (χ2n) is 4.58. The summed E-state index contributed by atoms with van der Waals surface area (Å²) in [5.74, 6) is 0.719. The van der Waals surface area contributed by atoms with Gasteiger partial charge in [-0.2, -0.15) is 0 Å². The number of benzene rings is 1. The second kappa shape index (κ2) is 5.38. The summed E-state index contributed by atoms with van der Waals surface area (Å²) < 4.78 is 28.2. The van der Waals surface area contributed by atoms with Crippen LogP contribution in [0, 0.1) is 0 Å². The summed E-state index contributed by atoms with van der Waals surface area (Å²) in [4.78, 5) is 0. The zero-order chi connectivity index (χ0) is 14.1. The van der Waals surface area contributed by atoms with Crippen molar-refractivity contribution < 1.29 is 13.2 Å². The molecule has 0 radical (unpaired) electrons. The number of allylic oxidation sites excluding steroid dienone is 1. The molecule has 1 aliphatic heterocycles. The van der Waals surface area contributed by atoms with Crippen molar-refractivity contribution in [3.05, 3.63) is 41.3 Å². The zero-order valence-electron chi connectivity index (χ0n) is 10.7. The molecule has 1 heterocycles. The highest BCUT2D eigenvalue weighted by Crippen LogP contribution is 2.51. The van der Waals surface area contributed by atoms with Crippen molar-refractivity contribution in [2.75, 3.05) is 0 Å². The number of hydrogen-bond donors (Lipinski definition) is 0. The SMILES string of the molecule is CC(C)Oc1ccc(C2(S(=O)(=O)Cl)CC=CS2)cc1. The number of ether oxygens (including phenoxy) is 1. The maximum Gasteiger partial charge on any atom is 0.252 e. The van der Waals surface area contributed by atoms with Gasteiger partial charge in [-0.25, -0.2) is 8.42 Å². The molecule has 3 nitrogen and oxygen atoms in total. The van der Waals surface area contributed by atoms with Crippen LogP contribution < -0.4 is 4.74 Å². The third-order valence-electron chi connectivity index (χ3n) is 2.80. The summed E-state index contributed by atoms with van der Waals surface area (Å²) in [5, 5.41) is 1.78. The van der Waals surface area contributed by atoms with Crippen LogP contribution in [0.1, 0.15) is 25.8 Å². The Balaban J connectivity index is 2.35. The van der Waals surface area contributed by atoms with E-state index >= 15 is 0 Å². The van der Waals surface area contributed by atoms with Crippen LogP contribution in [-0.2, 0) is 13.1 Å². The first kappa shape index (κ1) is 14.8. The molecule has 0 N–H and O–H groups in total. The van der Waals surface area contributed by atoms with E-state index in [2.05, 4.69) is 0 Å². The van der Waals surface area contributed by atoms with E-state index in [0.29, 0.717) is 12.0 Å². The smallest absolute Gasteiger partial charge is 0.252 e. The average molecular weight is 319 g/mol. The van der Waals surface area contributed by atoms with E-state index < -0.39 is 13.1 Å². The van der Waals surface area contributed by atoms with Gasteiger partial charge in [0.1, 0.15) is 5.75 Å². The molecule has 0 saturated heterocycles. The lowest BCUT2D eigenvalue weighted by Gasteiger charge is -2.25. The number of hydrogen-bond acceptors (Lipinski definition) is 4. The number of thioether (sulfide) groups is 1. The van der Waals surface area contributed by atoms with Gasteiger partial charge in [0.05, 0.1) is 6.10 Å². The number of rotatable bonds is 4. The van der Waals surface area contributed by atoms with Gasteiger partial charge in [0.25, 0.3) is 9.05 Å². The molecule has 2 rings (SSSR count). The lowest BCUT2D eigenvalue weighted by Crippen LogP contribution is -2.26. The Kier molecular flexibility index (Phi) is 4.18. The van der Waals surface area contributed by atoms with Crippen molar-refractivity contribution in [3.8, 4) is 5.75 Å². The fourth-order valence-corrected chi connectivity index (χ4v) is 4.95. The summed E-state index contributed by atoms with van der Waals surface area (Å²) in [7, 11) is 1.91. The molecule has 0 saturated carbocycles. The Hall–Kier alpha value is -0.650. The van der Waals surface area contributed by atoms with Gasteiger partial charge in [-0.3, -0.25) is 0 Å². The number of halogens is 1. The van der Waals surface area contributed by atoms with E-state index in [4.69, 9.17) is 15.4 Å². The first-order valence-corrected chi connectivity index (χ1v) is 9.08. The van der Waals surface area contributed by atoms with Crippen molar-refractivity contribution in [2.24, 2.45) is 0 Å². The molecule has 0 amide bonds. The molecule has 0 spiro atoms. The molecular weight excluding hydrogens is 304 g/mol. The highest BCUT2D eigenvalue weighted by atomic mass is 35.7. The van der Waals surface area contributed by atoms with Gasteiger partial charge >= 0.3 is 0 Å². The maximum atomic E-state index is 11.9. The lowest BCUT2D eigenvalue weighted by atomic mass is 10.1. The molecule has 0 fully saturated rings. The van der Waals surface area contributed by atoms with Crippen LogP contribution in [0.5, 0.6) is 5.75 Å². The molecule has 0 bridgehead atoms. The molecule has 1 unspecified atom stereocenters. The topological polar surface area (TPSA) is 43.4 Å². The monoisotopic (exact) mass is 318 g/mol. The minimum Gasteiger partial charge on any atom is -0.491 e. The van der Waals surface area contributed by atoms with Crippen LogP contribution in [0.15, 0.2) is 35.7 Å². The van der Waals surface area contributed by atoms with Crippen LogP contribution in [-0.4, -0.2) is 14.5 Å². The molecule has 0 aromatic heterocycles. The highest BCUT2D eigenvalue weighted by molar-refractivity contribution is 8.25. The van der Waals surface area contributed by atoms with E-state index in [1.165, 1.54) is 11.8 Å². The van der Waals surface area contributed by atoms with Gasteiger partial charge in [0, 0.05) is 17.1 Å². The Morgan fingerprint density at radius 1 is 1.32 bits per heavy atom. The second-order valence-corrected chi connectivity index (χ2v) is 8.83. The predicted molar refractivity (Wildman–Crippen MR) is 80.0 cm³/mol. The fourth-order valence-electron chi connectivity index (χ4n) is 1.95.